The minimum atomic E-state index is -3.54. The minimum absolute atomic E-state index is 0.136. The Morgan fingerprint density at radius 3 is 2.57 bits per heavy atom. The quantitative estimate of drug-likeness (QED) is 0.565. The molecule has 8 nitrogen and oxygen atoms in total. The molecule has 0 fully saturated rings. The summed E-state index contributed by atoms with van der Waals surface area (Å²) < 4.78 is 27.7. The number of aromatic nitrogens is 2. The summed E-state index contributed by atoms with van der Waals surface area (Å²) in [5.41, 5.74) is 2.11. The molecule has 0 aliphatic heterocycles. The summed E-state index contributed by atoms with van der Waals surface area (Å²) in [6, 6.07) is 14.0. The van der Waals surface area contributed by atoms with E-state index in [2.05, 4.69) is 10.3 Å². The number of hydrogen-bond donors (Lipinski definition) is 2. The van der Waals surface area contributed by atoms with Gasteiger partial charge in [-0.3, -0.25) is 4.79 Å². The summed E-state index contributed by atoms with van der Waals surface area (Å²) in [5, 5.41) is 12.9. The van der Waals surface area contributed by atoms with Crippen LogP contribution in [0.2, 0.25) is 0 Å². The van der Waals surface area contributed by atoms with Crippen molar-refractivity contribution in [1.82, 2.24) is 19.2 Å². The highest BCUT2D eigenvalue weighted by Gasteiger charge is 2.19. The highest BCUT2D eigenvalue weighted by atomic mass is 32.2. The molecule has 1 aromatic heterocycles. The molecule has 3 aromatic rings. The Kier molecular flexibility index (Phi) is 6.55. The first-order chi connectivity index (χ1) is 14.2. The molecule has 0 bridgehead atoms. The van der Waals surface area contributed by atoms with Crippen molar-refractivity contribution < 1.29 is 18.3 Å². The van der Waals surface area contributed by atoms with Crippen molar-refractivity contribution in [2.75, 3.05) is 20.6 Å². The number of aliphatic hydroxyl groups is 1. The average Bonchev–Trinajstić information content (AvgIpc) is 3.06. The van der Waals surface area contributed by atoms with Crippen molar-refractivity contribution in [3.05, 3.63) is 59.9 Å². The van der Waals surface area contributed by atoms with Crippen molar-refractivity contribution in [2.45, 2.75) is 23.8 Å². The molecule has 1 atom stereocenters. The summed E-state index contributed by atoms with van der Waals surface area (Å²) in [4.78, 5) is 16.9. The van der Waals surface area contributed by atoms with Crippen LogP contribution >= 0.6 is 0 Å². The third-order valence-electron chi connectivity index (χ3n) is 4.98. The molecule has 0 radical (unpaired) electrons. The molecule has 1 heterocycles. The first-order valence-corrected chi connectivity index (χ1v) is 11.0. The highest BCUT2D eigenvalue weighted by molar-refractivity contribution is 7.89. The normalized spacial score (nSPS) is 13.0. The molecule has 0 spiro atoms. The minimum Gasteiger partial charge on any atom is -0.387 e. The predicted octanol–water partition coefficient (Wildman–Crippen LogP) is 1.61. The van der Waals surface area contributed by atoms with Gasteiger partial charge in [-0.2, -0.15) is 0 Å². The molecule has 1 amide bonds. The molecule has 2 aromatic carbocycles. The number of nitrogens with one attached hydrogen (secondary N) is 1. The third kappa shape index (κ3) is 4.69. The van der Waals surface area contributed by atoms with Gasteiger partial charge in [-0.05, 0) is 23.8 Å². The van der Waals surface area contributed by atoms with Crippen molar-refractivity contribution in [3.63, 3.8) is 0 Å². The van der Waals surface area contributed by atoms with Crippen molar-refractivity contribution in [2.24, 2.45) is 7.05 Å². The van der Waals surface area contributed by atoms with Crippen LogP contribution in [0.25, 0.3) is 11.0 Å². The van der Waals surface area contributed by atoms with Gasteiger partial charge in [0, 0.05) is 40.5 Å². The van der Waals surface area contributed by atoms with E-state index in [-0.39, 0.29) is 23.8 Å². The number of benzene rings is 2. The molecule has 0 saturated heterocycles. The van der Waals surface area contributed by atoms with E-state index in [9.17, 15) is 18.3 Å². The molecule has 30 heavy (non-hydrogen) atoms. The number of fused-ring (bicyclic) bond motifs is 1. The number of amides is 1. The molecule has 3 rings (SSSR count). The number of aliphatic hydroxyl groups excluding tert-OH is 1. The van der Waals surface area contributed by atoms with Crippen LogP contribution in [0.15, 0.2) is 53.4 Å². The second-order valence-electron chi connectivity index (χ2n) is 7.26. The second kappa shape index (κ2) is 8.95. The summed E-state index contributed by atoms with van der Waals surface area (Å²) in [5.74, 6) is 0.496. The summed E-state index contributed by atoms with van der Waals surface area (Å²) in [6.45, 7) is 0.136. The van der Waals surface area contributed by atoms with E-state index < -0.39 is 16.1 Å². The van der Waals surface area contributed by atoms with Crippen LogP contribution in [0.1, 0.15) is 23.9 Å². The zero-order chi connectivity index (χ0) is 21.9. The van der Waals surface area contributed by atoms with Crippen LogP contribution in [-0.4, -0.2) is 53.9 Å². The van der Waals surface area contributed by atoms with Crippen molar-refractivity contribution >= 4 is 27.0 Å². The van der Waals surface area contributed by atoms with Gasteiger partial charge < -0.3 is 15.0 Å². The van der Waals surface area contributed by atoms with Gasteiger partial charge in [0.2, 0.25) is 15.9 Å². The van der Waals surface area contributed by atoms with Crippen molar-refractivity contribution in [1.29, 1.82) is 0 Å². The molecule has 9 heteroatoms. The number of carbonyl (C=O) groups is 1. The van der Waals surface area contributed by atoms with E-state index >= 15 is 0 Å². The van der Waals surface area contributed by atoms with E-state index in [0.29, 0.717) is 17.8 Å². The average molecular weight is 431 g/mol. The summed E-state index contributed by atoms with van der Waals surface area (Å²) >= 11 is 0. The van der Waals surface area contributed by atoms with Gasteiger partial charge in [-0.25, -0.2) is 17.7 Å². The maximum Gasteiger partial charge on any atom is 0.242 e. The Morgan fingerprint density at radius 2 is 1.90 bits per heavy atom. The number of rotatable bonds is 8. The van der Waals surface area contributed by atoms with Crippen LogP contribution in [0.4, 0.5) is 0 Å². The number of imidazole rings is 1. The molecular weight excluding hydrogens is 404 g/mol. The van der Waals surface area contributed by atoms with Crippen molar-refractivity contribution in [3.8, 4) is 0 Å². The Hall–Kier alpha value is -2.75. The number of carbonyl (C=O) groups excluding carboxylic acids is 1. The molecule has 0 saturated carbocycles. The number of sulfonamides is 1. The Bertz CT molecular complexity index is 1140. The standard InChI is InChI=1S/C21H26N4O4S/c1-24(2)30(28,29)16-9-10-18-17(13-16)23-20(25(18)3)11-12-21(27)22-14-19(26)15-7-5-4-6-8-15/h4-10,13,19,26H,11-12,14H2,1-3H3,(H,22,27). The lowest BCUT2D eigenvalue weighted by Crippen LogP contribution is -2.28. The maximum atomic E-state index is 12.3. The third-order valence-corrected chi connectivity index (χ3v) is 6.79. The largest absolute Gasteiger partial charge is 0.387 e. The van der Waals surface area contributed by atoms with Gasteiger partial charge in [-0.15, -0.1) is 0 Å². The lowest BCUT2D eigenvalue weighted by atomic mass is 10.1. The predicted molar refractivity (Wildman–Crippen MR) is 114 cm³/mol. The van der Waals surface area contributed by atoms with Gasteiger partial charge in [0.25, 0.3) is 0 Å². The monoisotopic (exact) mass is 430 g/mol. The summed E-state index contributed by atoms with van der Waals surface area (Å²) in [7, 11) is 1.26. The van der Waals surface area contributed by atoms with Crippen LogP contribution in [0.5, 0.6) is 0 Å². The van der Waals surface area contributed by atoms with Gasteiger partial charge >= 0.3 is 0 Å². The lowest BCUT2D eigenvalue weighted by Gasteiger charge is -2.12. The maximum absolute atomic E-state index is 12.3. The first-order valence-electron chi connectivity index (χ1n) is 9.57. The zero-order valence-corrected chi connectivity index (χ0v) is 18.1. The molecule has 160 valence electrons. The topological polar surface area (TPSA) is 105 Å². The number of nitrogens with zero attached hydrogens (tertiary/aromatic N) is 3. The van der Waals surface area contributed by atoms with E-state index in [1.807, 2.05) is 29.8 Å². The van der Waals surface area contributed by atoms with Gasteiger partial charge in [-0.1, -0.05) is 30.3 Å². The van der Waals surface area contributed by atoms with Gasteiger partial charge in [0.05, 0.1) is 22.0 Å². The fourth-order valence-electron chi connectivity index (χ4n) is 3.14. The second-order valence-corrected chi connectivity index (χ2v) is 9.41. The van der Waals surface area contributed by atoms with Crippen LogP contribution in [0, 0.1) is 0 Å². The Morgan fingerprint density at radius 1 is 1.20 bits per heavy atom. The van der Waals surface area contributed by atoms with Gasteiger partial charge in [0.15, 0.2) is 0 Å². The van der Waals surface area contributed by atoms with E-state index in [0.717, 1.165) is 15.4 Å². The molecule has 1 unspecified atom stereocenters. The first kappa shape index (κ1) is 21.9. The summed E-state index contributed by atoms with van der Waals surface area (Å²) in [6.07, 6.45) is -0.154. The van der Waals surface area contributed by atoms with Crippen LogP contribution in [-0.2, 0) is 28.3 Å². The molecular formula is C21H26N4O4S. The SMILES string of the molecule is CN(C)S(=O)(=O)c1ccc2c(c1)nc(CCC(=O)NCC(O)c1ccccc1)n2C. The van der Waals surface area contributed by atoms with Crippen LogP contribution < -0.4 is 5.32 Å². The van der Waals surface area contributed by atoms with E-state index in [1.165, 1.54) is 14.1 Å². The van der Waals surface area contributed by atoms with E-state index in [4.69, 9.17) is 0 Å². The molecule has 2 N–H and O–H groups in total. The Balaban J connectivity index is 1.64. The fraction of sp³-hybridized carbons (Fsp3) is 0.333. The van der Waals surface area contributed by atoms with Crippen LogP contribution in [0.3, 0.4) is 0 Å². The highest BCUT2D eigenvalue weighted by Crippen LogP contribution is 2.22. The Labute approximate surface area is 176 Å². The lowest BCUT2D eigenvalue weighted by molar-refractivity contribution is -0.121. The number of hydrogen-bond acceptors (Lipinski definition) is 5. The smallest absolute Gasteiger partial charge is 0.242 e. The molecule has 0 aliphatic rings. The van der Waals surface area contributed by atoms with E-state index in [1.54, 1.807) is 30.3 Å². The zero-order valence-electron chi connectivity index (χ0n) is 17.2. The number of aryl methyl sites for hydroxylation is 2. The fourth-order valence-corrected chi connectivity index (χ4v) is 4.06. The molecule has 0 aliphatic carbocycles. The van der Waals surface area contributed by atoms with Gasteiger partial charge in [0.1, 0.15) is 5.82 Å².